The summed E-state index contributed by atoms with van der Waals surface area (Å²) in [5.74, 6) is 1.76. The van der Waals surface area contributed by atoms with Crippen LogP contribution in [-0.4, -0.2) is 15.0 Å². The number of benzene rings is 12. The molecule has 0 radical (unpaired) electrons. The molecule has 1 aliphatic carbocycles. The quantitative estimate of drug-likeness (QED) is 0.142. The molecule has 4 nitrogen and oxygen atoms in total. The first kappa shape index (κ1) is 42.8. The Balaban J connectivity index is 0.878. The summed E-state index contributed by atoms with van der Waals surface area (Å²) in [5.41, 5.74) is 19.1. The molecule has 0 spiro atoms. The maximum atomic E-state index is 10.3. The van der Waals surface area contributed by atoms with Crippen molar-refractivity contribution in [3.8, 4) is 118 Å². The van der Waals surface area contributed by atoms with Gasteiger partial charge in [0, 0.05) is 16.7 Å². The maximum Gasteiger partial charge on any atom is 0.164 e. The minimum absolute atomic E-state index is 0.575. The molecule has 4 heteroatoms. The Bertz CT molecular complexity index is 4400. The van der Waals surface area contributed by atoms with E-state index in [4.69, 9.17) is 15.0 Å². The summed E-state index contributed by atoms with van der Waals surface area (Å²) >= 11 is 0. The lowest BCUT2D eigenvalue weighted by Crippen LogP contribution is -2.01. The van der Waals surface area contributed by atoms with Crippen LogP contribution in [-0.2, 0) is 0 Å². The summed E-state index contributed by atoms with van der Waals surface area (Å²) < 4.78 is 0. The Morgan fingerprint density at radius 1 is 0.243 bits per heavy atom. The molecule has 1 aromatic heterocycles. The lowest BCUT2D eigenvalue weighted by molar-refractivity contribution is 1.07. The van der Waals surface area contributed by atoms with Crippen LogP contribution in [0.4, 0.5) is 0 Å². The van der Waals surface area contributed by atoms with Crippen LogP contribution in [0, 0.1) is 11.3 Å². The van der Waals surface area contributed by atoms with Crippen molar-refractivity contribution in [3.05, 3.63) is 260 Å². The molecular weight excluding hydrogens is 897 g/mol. The zero-order valence-corrected chi connectivity index (χ0v) is 40.0. The molecule has 0 amide bonds. The van der Waals surface area contributed by atoms with Crippen LogP contribution in [0.15, 0.2) is 255 Å². The van der Waals surface area contributed by atoms with Crippen molar-refractivity contribution in [1.29, 1.82) is 5.26 Å². The van der Waals surface area contributed by atoms with Gasteiger partial charge in [-0.2, -0.15) is 5.26 Å². The molecule has 0 N–H and O–H groups in total. The summed E-state index contributed by atoms with van der Waals surface area (Å²) in [4.78, 5) is 15.7. The van der Waals surface area contributed by atoms with E-state index in [2.05, 4.69) is 212 Å². The van der Waals surface area contributed by atoms with E-state index < -0.39 is 0 Å². The fourth-order valence-electron chi connectivity index (χ4n) is 11.3. The zero-order valence-electron chi connectivity index (χ0n) is 40.0. The monoisotopic (exact) mass is 938 g/mol. The van der Waals surface area contributed by atoms with Crippen LogP contribution < -0.4 is 0 Å². The normalized spacial score (nSPS) is 11.5. The van der Waals surface area contributed by atoms with Gasteiger partial charge in [0.25, 0.3) is 0 Å². The molecule has 342 valence electrons. The second-order valence-electron chi connectivity index (χ2n) is 18.9. The maximum absolute atomic E-state index is 10.3. The number of hydrogen-bond acceptors (Lipinski definition) is 4. The number of aromatic nitrogens is 3. The van der Waals surface area contributed by atoms with Crippen LogP contribution in [0.5, 0.6) is 0 Å². The first-order valence-corrected chi connectivity index (χ1v) is 25.0. The average molecular weight is 939 g/mol. The number of fused-ring (bicyclic) bond motifs is 6. The van der Waals surface area contributed by atoms with Crippen molar-refractivity contribution >= 4 is 32.3 Å². The Labute approximate surface area is 428 Å². The van der Waals surface area contributed by atoms with Gasteiger partial charge in [0.1, 0.15) is 0 Å². The SMILES string of the molecule is N#Cc1ccc(-c2ccccc2-c2ccccc2-c2nc(-c3ccccc3)nc(-c3ccc(-c4ccc5c6c(cccc46)-c4ccccc4-5)cc3)n2)c(-c2cccc(-c3cc4ccccc4c4ccccc34)c2)c1. The van der Waals surface area contributed by atoms with E-state index in [1.54, 1.807) is 0 Å². The highest BCUT2D eigenvalue weighted by molar-refractivity contribution is 6.19. The second kappa shape index (κ2) is 17.6. The molecule has 1 heterocycles. The van der Waals surface area contributed by atoms with Gasteiger partial charge >= 0.3 is 0 Å². The molecule has 12 aromatic carbocycles. The van der Waals surface area contributed by atoms with Gasteiger partial charge in [-0.3, -0.25) is 0 Å². The van der Waals surface area contributed by atoms with Crippen molar-refractivity contribution in [3.63, 3.8) is 0 Å². The van der Waals surface area contributed by atoms with Crippen LogP contribution in [0.25, 0.3) is 144 Å². The van der Waals surface area contributed by atoms with Gasteiger partial charge in [-0.25, -0.2) is 15.0 Å². The van der Waals surface area contributed by atoms with Gasteiger partial charge in [0.05, 0.1) is 11.6 Å². The molecule has 0 unspecified atom stereocenters. The molecule has 14 rings (SSSR count). The van der Waals surface area contributed by atoms with Gasteiger partial charge in [0.2, 0.25) is 0 Å². The van der Waals surface area contributed by atoms with Crippen molar-refractivity contribution in [1.82, 2.24) is 15.0 Å². The van der Waals surface area contributed by atoms with E-state index in [9.17, 15) is 5.26 Å². The van der Waals surface area contributed by atoms with Crippen molar-refractivity contribution in [2.75, 3.05) is 0 Å². The molecule has 0 bridgehead atoms. The molecule has 13 aromatic rings. The Morgan fingerprint density at radius 2 is 0.689 bits per heavy atom. The van der Waals surface area contributed by atoms with Crippen molar-refractivity contribution in [2.24, 2.45) is 0 Å². The Kier molecular flexibility index (Phi) is 10.2. The largest absolute Gasteiger partial charge is 0.208 e. The summed E-state index contributed by atoms with van der Waals surface area (Å²) in [6.07, 6.45) is 0. The van der Waals surface area contributed by atoms with E-state index in [0.717, 1.165) is 61.2 Å². The smallest absolute Gasteiger partial charge is 0.164 e. The number of nitriles is 1. The Hall–Kier alpha value is -10.1. The lowest BCUT2D eigenvalue weighted by Gasteiger charge is -2.18. The third-order valence-electron chi connectivity index (χ3n) is 14.7. The standard InChI is InChI=1S/C70H42N4/c71-43-44-32-37-60(65(40-44)48-19-14-20-49(41-48)66-42-50-18-4-5-21-51(50)53-22-6-11-28-59(53)66)55-24-8-7-23-54(55)58-27-12-13-29-64(58)70-73-68(46-16-2-1-3-17-46)72-69(74-70)47-35-33-45(34-36-47)52-38-39-63-57-26-10-9-25-56(57)62-31-15-30-61(52)67(62)63/h1-42H. The van der Waals surface area contributed by atoms with E-state index in [-0.39, 0.29) is 0 Å². The summed E-state index contributed by atoms with van der Waals surface area (Å²) in [6, 6.07) is 92.3. The summed E-state index contributed by atoms with van der Waals surface area (Å²) in [7, 11) is 0. The zero-order chi connectivity index (χ0) is 49.1. The summed E-state index contributed by atoms with van der Waals surface area (Å²) in [5, 5.41) is 17.7. The lowest BCUT2D eigenvalue weighted by atomic mass is 9.86. The molecule has 0 atom stereocenters. The van der Waals surface area contributed by atoms with Gasteiger partial charge < -0.3 is 0 Å². The van der Waals surface area contributed by atoms with E-state index in [1.807, 2.05) is 48.5 Å². The van der Waals surface area contributed by atoms with Crippen LogP contribution in [0.3, 0.4) is 0 Å². The highest BCUT2D eigenvalue weighted by Crippen LogP contribution is 2.50. The van der Waals surface area contributed by atoms with Crippen LogP contribution >= 0.6 is 0 Å². The first-order chi connectivity index (χ1) is 36.6. The number of hydrogen-bond donors (Lipinski definition) is 0. The third-order valence-corrected chi connectivity index (χ3v) is 14.7. The average Bonchev–Trinajstić information content (AvgIpc) is 3.82. The second-order valence-corrected chi connectivity index (χ2v) is 18.9. The minimum atomic E-state index is 0.575. The van der Waals surface area contributed by atoms with Crippen molar-refractivity contribution < 1.29 is 0 Å². The predicted octanol–water partition coefficient (Wildman–Crippen LogP) is 18.2. The van der Waals surface area contributed by atoms with Gasteiger partial charge in [-0.15, -0.1) is 0 Å². The van der Waals surface area contributed by atoms with E-state index in [0.29, 0.717) is 23.0 Å². The van der Waals surface area contributed by atoms with Gasteiger partial charge in [-0.1, -0.05) is 231 Å². The number of rotatable bonds is 8. The fourth-order valence-corrected chi connectivity index (χ4v) is 11.3. The van der Waals surface area contributed by atoms with Crippen molar-refractivity contribution in [2.45, 2.75) is 0 Å². The molecule has 74 heavy (non-hydrogen) atoms. The molecule has 1 aliphatic rings. The number of nitrogens with zero attached hydrogens (tertiary/aromatic N) is 4. The predicted molar refractivity (Wildman–Crippen MR) is 305 cm³/mol. The third kappa shape index (κ3) is 7.18. The topological polar surface area (TPSA) is 62.5 Å². The van der Waals surface area contributed by atoms with E-state index in [1.165, 1.54) is 65.7 Å². The van der Waals surface area contributed by atoms with E-state index >= 15 is 0 Å². The molecule has 0 fully saturated rings. The highest BCUT2D eigenvalue weighted by atomic mass is 15.0. The highest BCUT2D eigenvalue weighted by Gasteiger charge is 2.24. The Morgan fingerprint density at radius 3 is 1.39 bits per heavy atom. The summed E-state index contributed by atoms with van der Waals surface area (Å²) in [6.45, 7) is 0. The molecule has 0 saturated heterocycles. The molecule has 0 aliphatic heterocycles. The molecule has 0 saturated carbocycles. The van der Waals surface area contributed by atoms with Gasteiger partial charge in [0.15, 0.2) is 17.5 Å². The molecular formula is C70H42N4. The fraction of sp³-hybridized carbons (Fsp3) is 0. The van der Waals surface area contributed by atoms with Crippen LogP contribution in [0.1, 0.15) is 5.56 Å². The minimum Gasteiger partial charge on any atom is -0.208 e. The van der Waals surface area contributed by atoms with Gasteiger partial charge in [-0.05, 0) is 134 Å². The first-order valence-electron chi connectivity index (χ1n) is 25.0. The van der Waals surface area contributed by atoms with Crippen LogP contribution in [0.2, 0.25) is 0 Å².